The third kappa shape index (κ3) is 3.48. The van der Waals surface area contributed by atoms with E-state index in [-0.39, 0.29) is 23.6 Å². The largest absolute Gasteiger partial charge is 0.505 e. The standard InChI is InChI=1S/C14H19BrN2O2/c15-10-6-4-8-12(13(10)18)17-14(19)9-5-2-1-3-7-11(9)16/h4,6,8-9,11,18H,1-3,5,7,16H2,(H,17,19). The van der Waals surface area contributed by atoms with E-state index < -0.39 is 0 Å². The van der Waals surface area contributed by atoms with E-state index in [1.807, 2.05) is 0 Å². The zero-order valence-electron chi connectivity index (χ0n) is 10.7. The van der Waals surface area contributed by atoms with Crippen LogP contribution >= 0.6 is 15.9 Å². The van der Waals surface area contributed by atoms with Gasteiger partial charge in [0.1, 0.15) is 0 Å². The average molecular weight is 327 g/mol. The number of benzene rings is 1. The van der Waals surface area contributed by atoms with Gasteiger partial charge in [-0.05, 0) is 40.9 Å². The Bertz CT molecular complexity index is 465. The number of phenolic OH excluding ortho intramolecular Hbond substituents is 1. The summed E-state index contributed by atoms with van der Waals surface area (Å²) in [5.74, 6) is -0.207. The van der Waals surface area contributed by atoms with Gasteiger partial charge in [-0.2, -0.15) is 0 Å². The summed E-state index contributed by atoms with van der Waals surface area (Å²) in [7, 11) is 0. The fourth-order valence-corrected chi connectivity index (χ4v) is 2.87. The van der Waals surface area contributed by atoms with E-state index in [0.717, 1.165) is 32.1 Å². The summed E-state index contributed by atoms with van der Waals surface area (Å²) in [4.78, 5) is 12.3. The van der Waals surface area contributed by atoms with E-state index in [9.17, 15) is 9.90 Å². The van der Waals surface area contributed by atoms with Crippen LogP contribution in [0.25, 0.3) is 0 Å². The number of rotatable bonds is 2. The predicted octanol–water partition coefficient (Wildman–Crippen LogP) is 3.00. The summed E-state index contributed by atoms with van der Waals surface area (Å²) in [6.07, 6.45) is 4.98. The van der Waals surface area contributed by atoms with Crippen molar-refractivity contribution in [2.75, 3.05) is 5.32 Å². The normalized spacial score (nSPS) is 23.7. The molecule has 1 amide bonds. The van der Waals surface area contributed by atoms with Crippen LogP contribution in [0, 0.1) is 5.92 Å². The average Bonchev–Trinajstić information content (AvgIpc) is 2.59. The lowest BCUT2D eigenvalue weighted by atomic mass is 9.94. The van der Waals surface area contributed by atoms with Crippen LogP contribution in [0.2, 0.25) is 0 Å². The van der Waals surface area contributed by atoms with Crippen molar-refractivity contribution >= 4 is 27.5 Å². The molecule has 1 aliphatic carbocycles. The zero-order chi connectivity index (χ0) is 13.8. The number of phenols is 1. The molecule has 0 spiro atoms. The highest BCUT2D eigenvalue weighted by atomic mass is 79.9. The second-order valence-corrected chi connectivity index (χ2v) is 5.89. The number of hydrogen-bond acceptors (Lipinski definition) is 3. The Labute approximate surface area is 121 Å². The van der Waals surface area contributed by atoms with E-state index in [0.29, 0.717) is 10.2 Å². The van der Waals surface area contributed by atoms with Crippen molar-refractivity contribution in [2.45, 2.75) is 38.1 Å². The lowest BCUT2D eigenvalue weighted by Gasteiger charge is -2.21. The lowest BCUT2D eigenvalue weighted by molar-refractivity contribution is -0.120. The molecule has 104 valence electrons. The number of carbonyl (C=O) groups is 1. The van der Waals surface area contributed by atoms with Crippen LogP contribution in [-0.2, 0) is 4.79 Å². The van der Waals surface area contributed by atoms with Crippen molar-refractivity contribution in [1.82, 2.24) is 0 Å². The SMILES string of the molecule is NC1CCCCCC1C(=O)Nc1cccc(Br)c1O. The summed E-state index contributed by atoms with van der Waals surface area (Å²) in [5.41, 5.74) is 6.50. The quantitative estimate of drug-likeness (QED) is 0.577. The molecule has 0 bridgehead atoms. The summed E-state index contributed by atoms with van der Waals surface area (Å²) in [6.45, 7) is 0. The Hall–Kier alpha value is -1.07. The number of carbonyl (C=O) groups excluding carboxylic acids is 1. The first kappa shape index (κ1) is 14.3. The minimum atomic E-state index is -0.166. The van der Waals surface area contributed by atoms with Crippen molar-refractivity contribution in [2.24, 2.45) is 11.7 Å². The Balaban J connectivity index is 2.09. The summed E-state index contributed by atoms with van der Waals surface area (Å²) < 4.78 is 0.565. The molecule has 1 aliphatic rings. The van der Waals surface area contributed by atoms with E-state index in [1.165, 1.54) is 0 Å². The van der Waals surface area contributed by atoms with Crippen molar-refractivity contribution in [3.05, 3.63) is 22.7 Å². The van der Waals surface area contributed by atoms with Crippen LogP contribution in [0.3, 0.4) is 0 Å². The highest BCUT2D eigenvalue weighted by Crippen LogP contribution is 2.32. The molecule has 19 heavy (non-hydrogen) atoms. The molecule has 0 saturated heterocycles. The second kappa shape index (κ2) is 6.39. The molecule has 2 atom stereocenters. The van der Waals surface area contributed by atoms with E-state index in [4.69, 9.17) is 5.73 Å². The molecule has 0 heterocycles. The molecule has 0 radical (unpaired) electrons. The fraction of sp³-hybridized carbons (Fsp3) is 0.500. The minimum absolute atomic E-state index is 0.0537. The highest BCUT2D eigenvalue weighted by molar-refractivity contribution is 9.10. The second-order valence-electron chi connectivity index (χ2n) is 5.03. The minimum Gasteiger partial charge on any atom is -0.505 e. The molecular formula is C14H19BrN2O2. The number of nitrogens with two attached hydrogens (primary N) is 1. The van der Waals surface area contributed by atoms with Gasteiger partial charge in [0.2, 0.25) is 5.91 Å². The number of amides is 1. The maximum Gasteiger partial charge on any atom is 0.229 e. The van der Waals surface area contributed by atoms with Gasteiger partial charge < -0.3 is 16.2 Å². The van der Waals surface area contributed by atoms with Crippen LogP contribution in [0.5, 0.6) is 5.75 Å². The molecule has 4 N–H and O–H groups in total. The molecule has 2 rings (SSSR count). The smallest absolute Gasteiger partial charge is 0.229 e. The summed E-state index contributed by atoms with van der Waals surface area (Å²) >= 11 is 3.23. The first-order chi connectivity index (χ1) is 9.09. The number of para-hydroxylation sites is 1. The lowest BCUT2D eigenvalue weighted by Crippen LogP contribution is -2.37. The van der Waals surface area contributed by atoms with Crippen molar-refractivity contribution in [1.29, 1.82) is 0 Å². The van der Waals surface area contributed by atoms with Gasteiger partial charge in [-0.25, -0.2) is 0 Å². The maximum absolute atomic E-state index is 12.3. The topological polar surface area (TPSA) is 75.4 Å². The summed E-state index contributed by atoms with van der Waals surface area (Å²) in [5, 5.41) is 12.7. The zero-order valence-corrected chi connectivity index (χ0v) is 12.3. The van der Waals surface area contributed by atoms with Crippen LogP contribution in [0.15, 0.2) is 22.7 Å². The van der Waals surface area contributed by atoms with E-state index in [2.05, 4.69) is 21.2 Å². The molecule has 0 aromatic heterocycles. The number of aromatic hydroxyl groups is 1. The van der Waals surface area contributed by atoms with Gasteiger partial charge in [-0.3, -0.25) is 4.79 Å². The summed E-state index contributed by atoms with van der Waals surface area (Å²) in [6, 6.07) is 5.09. The molecule has 1 fully saturated rings. The molecule has 0 aliphatic heterocycles. The molecule has 1 saturated carbocycles. The molecule has 2 unspecified atom stereocenters. The van der Waals surface area contributed by atoms with Gasteiger partial charge in [0.15, 0.2) is 5.75 Å². The molecule has 1 aromatic carbocycles. The number of nitrogens with one attached hydrogen (secondary N) is 1. The Kier molecular flexibility index (Phi) is 4.82. The van der Waals surface area contributed by atoms with Gasteiger partial charge in [0.05, 0.1) is 16.1 Å². The Morgan fingerprint density at radius 2 is 2.05 bits per heavy atom. The van der Waals surface area contributed by atoms with Crippen molar-refractivity contribution in [3.63, 3.8) is 0 Å². The van der Waals surface area contributed by atoms with E-state index in [1.54, 1.807) is 18.2 Å². The molecule has 5 heteroatoms. The Morgan fingerprint density at radius 1 is 1.32 bits per heavy atom. The van der Waals surface area contributed by atoms with Gasteiger partial charge in [-0.15, -0.1) is 0 Å². The number of hydrogen-bond donors (Lipinski definition) is 3. The molecule has 1 aromatic rings. The van der Waals surface area contributed by atoms with Gasteiger partial charge in [-0.1, -0.05) is 25.3 Å². The van der Waals surface area contributed by atoms with Crippen molar-refractivity contribution in [3.8, 4) is 5.75 Å². The highest BCUT2D eigenvalue weighted by Gasteiger charge is 2.27. The third-order valence-corrected chi connectivity index (χ3v) is 4.29. The van der Waals surface area contributed by atoms with Crippen molar-refractivity contribution < 1.29 is 9.90 Å². The molecule has 4 nitrogen and oxygen atoms in total. The van der Waals surface area contributed by atoms with Crippen LogP contribution in [0.4, 0.5) is 5.69 Å². The van der Waals surface area contributed by atoms with Crippen LogP contribution in [-0.4, -0.2) is 17.1 Å². The third-order valence-electron chi connectivity index (χ3n) is 3.65. The first-order valence-corrected chi connectivity index (χ1v) is 7.43. The van der Waals surface area contributed by atoms with Crippen LogP contribution < -0.4 is 11.1 Å². The number of halogens is 1. The maximum atomic E-state index is 12.3. The Morgan fingerprint density at radius 3 is 2.84 bits per heavy atom. The van der Waals surface area contributed by atoms with Gasteiger partial charge in [0.25, 0.3) is 0 Å². The first-order valence-electron chi connectivity index (χ1n) is 6.63. The molecular weight excluding hydrogens is 308 g/mol. The van der Waals surface area contributed by atoms with Gasteiger partial charge >= 0.3 is 0 Å². The van der Waals surface area contributed by atoms with Gasteiger partial charge in [0, 0.05) is 6.04 Å². The van der Waals surface area contributed by atoms with E-state index >= 15 is 0 Å². The number of anilines is 1. The monoisotopic (exact) mass is 326 g/mol. The predicted molar refractivity (Wildman–Crippen MR) is 79.0 cm³/mol. The van der Waals surface area contributed by atoms with Crippen LogP contribution in [0.1, 0.15) is 32.1 Å². The fourth-order valence-electron chi connectivity index (χ4n) is 2.50.